The van der Waals surface area contributed by atoms with E-state index in [1.807, 2.05) is 73.3 Å². The van der Waals surface area contributed by atoms with Crippen LogP contribution in [0.4, 0.5) is 17.2 Å². The predicted octanol–water partition coefficient (Wildman–Crippen LogP) is 5.21. The number of carbonyl (C=O) groups excluding carboxylic acids is 1. The van der Waals surface area contributed by atoms with E-state index in [0.717, 1.165) is 36.5 Å². The van der Waals surface area contributed by atoms with Gasteiger partial charge in [0.1, 0.15) is 11.6 Å². The third-order valence-electron chi connectivity index (χ3n) is 4.88. The van der Waals surface area contributed by atoms with Crippen LogP contribution in [0.3, 0.4) is 0 Å². The molecule has 3 aromatic rings. The van der Waals surface area contributed by atoms with E-state index in [2.05, 4.69) is 16.4 Å². The molecular formula is C24H25N3O2. The van der Waals surface area contributed by atoms with Crippen molar-refractivity contribution in [1.29, 1.82) is 0 Å². The van der Waals surface area contributed by atoms with Gasteiger partial charge in [0.05, 0.1) is 17.4 Å². The standard InChI is InChI=1S/C24H25N3O2/c1-17(2)29-22-12-6-4-10-20(22)26-23-14-13-19(16-25-23)24(28)27-15-7-9-18-8-3-5-11-21(18)27/h3-6,8,10-14,16-17H,7,9,15H2,1-2H3,(H,25,26). The summed E-state index contributed by atoms with van der Waals surface area (Å²) in [5.41, 5.74) is 3.66. The van der Waals surface area contributed by atoms with Crippen molar-refractivity contribution in [3.05, 3.63) is 78.0 Å². The van der Waals surface area contributed by atoms with Crippen LogP contribution in [0.25, 0.3) is 0 Å². The highest BCUT2D eigenvalue weighted by Crippen LogP contribution is 2.29. The fourth-order valence-electron chi connectivity index (χ4n) is 3.56. The van der Waals surface area contributed by atoms with Crippen molar-refractivity contribution in [1.82, 2.24) is 4.98 Å². The summed E-state index contributed by atoms with van der Waals surface area (Å²) in [5.74, 6) is 1.43. The van der Waals surface area contributed by atoms with Gasteiger partial charge in [-0.3, -0.25) is 4.79 Å². The molecule has 1 aliphatic rings. The molecule has 148 valence electrons. The quantitative estimate of drug-likeness (QED) is 0.653. The number of hydrogen-bond donors (Lipinski definition) is 1. The van der Waals surface area contributed by atoms with Gasteiger partial charge in [-0.1, -0.05) is 30.3 Å². The van der Waals surface area contributed by atoms with Crippen molar-refractivity contribution in [2.24, 2.45) is 0 Å². The van der Waals surface area contributed by atoms with Crippen LogP contribution in [-0.4, -0.2) is 23.5 Å². The van der Waals surface area contributed by atoms with Crippen LogP contribution in [0.5, 0.6) is 5.75 Å². The average molecular weight is 387 g/mol. The van der Waals surface area contributed by atoms with Gasteiger partial charge >= 0.3 is 0 Å². The highest BCUT2D eigenvalue weighted by molar-refractivity contribution is 6.06. The SMILES string of the molecule is CC(C)Oc1ccccc1Nc1ccc(C(=O)N2CCCc3ccccc32)cn1. The van der Waals surface area contributed by atoms with E-state index in [-0.39, 0.29) is 12.0 Å². The lowest BCUT2D eigenvalue weighted by Crippen LogP contribution is -2.35. The maximum atomic E-state index is 13.1. The number of fused-ring (bicyclic) bond motifs is 1. The summed E-state index contributed by atoms with van der Waals surface area (Å²) in [6.07, 6.45) is 3.70. The number of carbonyl (C=O) groups is 1. The normalized spacial score (nSPS) is 13.1. The zero-order valence-corrected chi connectivity index (χ0v) is 16.8. The molecule has 2 aromatic carbocycles. The van der Waals surface area contributed by atoms with Crippen LogP contribution in [0.2, 0.25) is 0 Å². The van der Waals surface area contributed by atoms with Crippen molar-refractivity contribution in [3.63, 3.8) is 0 Å². The lowest BCUT2D eigenvalue weighted by Gasteiger charge is -2.29. The van der Waals surface area contributed by atoms with Gasteiger partial charge in [-0.05, 0) is 62.6 Å². The molecule has 0 saturated heterocycles. The maximum absolute atomic E-state index is 13.1. The van der Waals surface area contributed by atoms with Crippen LogP contribution in [0, 0.1) is 0 Å². The molecule has 1 aromatic heterocycles. The van der Waals surface area contributed by atoms with Gasteiger partial charge in [0.15, 0.2) is 0 Å². The van der Waals surface area contributed by atoms with Crippen LogP contribution in [0.1, 0.15) is 36.2 Å². The van der Waals surface area contributed by atoms with Gasteiger partial charge in [0, 0.05) is 18.4 Å². The van der Waals surface area contributed by atoms with E-state index in [1.54, 1.807) is 6.20 Å². The largest absolute Gasteiger partial charge is 0.489 e. The maximum Gasteiger partial charge on any atom is 0.259 e. The molecule has 0 bridgehead atoms. The molecule has 0 unspecified atom stereocenters. The summed E-state index contributed by atoms with van der Waals surface area (Å²) in [6, 6.07) is 19.5. The highest BCUT2D eigenvalue weighted by Gasteiger charge is 2.23. The third-order valence-corrected chi connectivity index (χ3v) is 4.88. The molecule has 5 nitrogen and oxygen atoms in total. The monoisotopic (exact) mass is 387 g/mol. The van der Waals surface area contributed by atoms with Gasteiger partial charge in [-0.15, -0.1) is 0 Å². The first-order valence-electron chi connectivity index (χ1n) is 10.0. The number of nitrogens with one attached hydrogen (secondary N) is 1. The molecule has 4 rings (SSSR count). The minimum atomic E-state index is -0.0141. The van der Waals surface area contributed by atoms with Crippen molar-refractivity contribution in [2.45, 2.75) is 32.8 Å². The lowest BCUT2D eigenvalue weighted by atomic mass is 10.0. The van der Waals surface area contributed by atoms with E-state index >= 15 is 0 Å². The van der Waals surface area contributed by atoms with Gasteiger partial charge in [-0.2, -0.15) is 0 Å². The third kappa shape index (κ3) is 4.24. The van der Waals surface area contributed by atoms with Crippen LogP contribution < -0.4 is 15.0 Å². The van der Waals surface area contributed by atoms with Crippen molar-refractivity contribution >= 4 is 23.1 Å². The summed E-state index contributed by atoms with van der Waals surface area (Å²) in [4.78, 5) is 19.4. The van der Waals surface area contributed by atoms with E-state index in [1.165, 1.54) is 5.56 Å². The molecule has 0 spiro atoms. The second-order valence-corrected chi connectivity index (χ2v) is 7.41. The number of benzene rings is 2. The number of hydrogen-bond acceptors (Lipinski definition) is 4. The molecule has 0 radical (unpaired) electrons. The Labute approximate surface area is 171 Å². The Morgan fingerprint density at radius 1 is 1.07 bits per heavy atom. The molecule has 29 heavy (non-hydrogen) atoms. The second-order valence-electron chi connectivity index (χ2n) is 7.41. The minimum absolute atomic E-state index is 0.0141. The molecule has 1 amide bonds. The molecule has 0 saturated carbocycles. The van der Waals surface area contributed by atoms with E-state index in [4.69, 9.17) is 4.74 Å². The molecule has 2 heterocycles. The number of para-hydroxylation sites is 3. The van der Waals surface area contributed by atoms with Gasteiger partial charge < -0.3 is 15.0 Å². The Morgan fingerprint density at radius 3 is 2.66 bits per heavy atom. The second kappa shape index (κ2) is 8.35. The van der Waals surface area contributed by atoms with E-state index in [9.17, 15) is 4.79 Å². The summed E-state index contributed by atoms with van der Waals surface area (Å²) in [6.45, 7) is 4.72. The molecular weight excluding hydrogens is 362 g/mol. The zero-order valence-electron chi connectivity index (χ0n) is 16.8. The number of anilines is 3. The molecule has 1 aliphatic heterocycles. The zero-order chi connectivity index (χ0) is 20.2. The Balaban J connectivity index is 1.51. The fourth-order valence-corrected chi connectivity index (χ4v) is 3.56. The number of ether oxygens (including phenoxy) is 1. The first-order valence-corrected chi connectivity index (χ1v) is 10.0. The van der Waals surface area contributed by atoms with Crippen molar-refractivity contribution in [3.8, 4) is 5.75 Å². The number of amides is 1. The van der Waals surface area contributed by atoms with Crippen molar-refractivity contribution < 1.29 is 9.53 Å². The predicted molar refractivity (Wildman–Crippen MR) is 116 cm³/mol. The Kier molecular flexibility index (Phi) is 5.47. The fraction of sp³-hybridized carbons (Fsp3) is 0.250. The lowest BCUT2D eigenvalue weighted by molar-refractivity contribution is 0.0985. The Hall–Kier alpha value is -3.34. The summed E-state index contributed by atoms with van der Waals surface area (Å²) < 4.78 is 5.84. The topological polar surface area (TPSA) is 54.5 Å². The molecule has 1 N–H and O–H groups in total. The summed E-state index contributed by atoms with van der Waals surface area (Å²) in [5, 5.41) is 3.28. The number of pyridine rings is 1. The van der Waals surface area contributed by atoms with Crippen LogP contribution >= 0.6 is 0 Å². The molecule has 0 aliphatic carbocycles. The number of aryl methyl sites for hydroxylation is 1. The summed E-state index contributed by atoms with van der Waals surface area (Å²) >= 11 is 0. The van der Waals surface area contributed by atoms with E-state index in [0.29, 0.717) is 11.4 Å². The average Bonchev–Trinajstić information content (AvgIpc) is 2.74. The number of aromatic nitrogens is 1. The molecule has 0 atom stereocenters. The highest BCUT2D eigenvalue weighted by atomic mass is 16.5. The Morgan fingerprint density at radius 2 is 1.86 bits per heavy atom. The van der Waals surface area contributed by atoms with E-state index < -0.39 is 0 Å². The van der Waals surface area contributed by atoms with Gasteiger partial charge in [0.25, 0.3) is 5.91 Å². The first kappa shape index (κ1) is 19.0. The van der Waals surface area contributed by atoms with Gasteiger partial charge in [-0.25, -0.2) is 4.98 Å². The summed E-state index contributed by atoms with van der Waals surface area (Å²) in [7, 11) is 0. The van der Waals surface area contributed by atoms with Gasteiger partial charge in [0.2, 0.25) is 0 Å². The minimum Gasteiger partial charge on any atom is -0.489 e. The smallest absolute Gasteiger partial charge is 0.259 e. The molecule has 0 fully saturated rings. The first-order chi connectivity index (χ1) is 14.1. The van der Waals surface area contributed by atoms with Crippen LogP contribution in [0.15, 0.2) is 66.9 Å². The number of nitrogens with zero attached hydrogens (tertiary/aromatic N) is 2. The Bertz CT molecular complexity index is 999. The number of rotatable bonds is 5. The van der Waals surface area contributed by atoms with Crippen LogP contribution in [-0.2, 0) is 6.42 Å². The molecule has 5 heteroatoms. The van der Waals surface area contributed by atoms with Crippen molar-refractivity contribution in [2.75, 3.05) is 16.8 Å².